The van der Waals surface area contributed by atoms with E-state index in [9.17, 15) is 9.18 Å². The molecule has 0 atom stereocenters. The first-order valence-electron chi connectivity index (χ1n) is 5.92. The number of carbonyl (C=O) groups is 1. The van der Waals surface area contributed by atoms with Crippen molar-refractivity contribution >= 4 is 27.5 Å². The number of nitrogens with two attached hydrogens (primary N) is 1. The second-order valence-corrected chi connectivity index (χ2v) is 4.92. The third kappa shape index (κ3) is 2.96. The molecule has 8 heteroatoms. The fourth-order valence-electron chi connectivity index (χ4n) is 1.67. The summed E-state index contributed by atoms with van der Waals surface area (Å²) in [7, 11) is 0. The summed E-state index contributed by atoms with van der Waals surface area (Å²) in [6.45, 7) is 2.90. The van der Waals surface area contributed by atoms with Gasteiger partial charge < -0.3 is 15.6 Å². The lowest BCUT2D eigenvalue weighted by molar-refractivity contribution is 0.0948. The smallest absolute Gasteiger partial charge is 0.252 e. The van der Waals surface area contributed by atoms with Crippen LogP contribution in [0.4, 0.5) is 10.1 Å². The Bertz CT molecular complexity index is 643. The molecule has 106 valence electrons. The predicted octanol–water partition coefficient (Wildman–Crippen LogP) is 1.71. The molecule has 0 aliphatic heterocycles. The van der Waals surface area contributed by atoms with Crippen LogP contribution in [0.15, 0.2) is 22.9 Å². The monoisotopic (exact) mass is 341 g/mol. The maximum absolute atomic E-state index is 13.2. The van der Waals surface area contributed by atoms with Gasteiger partial charge in [-0.3, -0.25) is 4.79 Å². The molecule has 0 saturated heterocycles. The number of hydrogen-bond donors (Lipinski definition) is 2. The number of anilines is 1. The number of hydrogen-bond acceptors (Lipinski definition) is 4. The average molecular weight is 342 g/mol. The van der Waals surface area contributed by atoms with Gasteiger partial charge in [0.1, 0.15) is 12.1 Å². The van der Waals surface area contributed by atoms with Crippen LogP contribution < -0.4 is 11.1 Å². The molecular weight excluding hydrogens is 329 g/mol. The van der Waals surface area contributed by atoms with Crippen LogP contribution in [0.5, 0.6) is 0 Å². The van der Waals surface area contributed by atoms with E-state index in [1.165, 1.54) is 12.1 Å². The molecule has 0 radical (unpaired) electrons. The summed E-state index contributed by atoms with van der Waals surface area (Å²) in [5, 5.41) is 10.4. The van der Waals surface area contributed by atoms with Gasteiger partial charge >= 0.3 is 0 Å². The van der Waals surface area contributed by atoms with E-state index in [1.807, 2.05) is 11.5 Å². The standard InChI is InChI=1S/C12H13BrFN5O/c1-2-19-6-17-18-11(19)5-16-12(20)7-3-10(15)9(14)4-8(7)13/h3-4,6H,2,5,15H2,1H3,(H,16,20). The third-order valence-corrected chi connectivity index (χ3v) is 3.43. The Morgan fingerprint density at radius 1 is 1.55 bits per heavy atom. The number of halogens is 2. The van der Waals surface area contributed by atoms with Crippen LogP contribution in [0.1, 0.15) is 23.1 Å². The number of rotatable bonds is 4. The van der Waals surface area contributed by atoms with E-state index < -0.39 is 5.82 Å². The number of carbonyl (C=O) groups excluding carboxylic acids is 1. The summed E-state index contributed by atoms with van der Waals surface area (Å²) >= 11 is 3.14. The van der Waals surface area contributed by atoms with E-state index in [0.717, 1.165) is 0 Å². The predicted molar refractivity (Wildman–Crippen MR) is 75.4 cm³/mol. The molecule has 1 amide bonds. The van der Waals surface area contributed by atoms with Gasteiger partial charge in [-0.15, -0.1) is 10.2 Å². The van der Waals surface area contributed by atoms with Gasteiger partial charge in [0.05, 0.1) is 17.8 Å². The van der Waals surface area contributed by atoms with Crippen molar-refractivity contribution in [3.8, 4) is 0 Å². The topological polar surface area (TPSA) is 85.8 Å². The first-order valence-corrected chi connectivity index (χ1v) is 6.71. The highest BCUT2D eigenvalue weighted by Gasteiger charge is 2.14. The average Bonchev–Trinajstić information content (AvgIpc) is 2.87. The molecule has 0 spiro atoms. The molecule has 20 heavy (non-hydrogen) atoms. The Kier molecular flexibility index (Phi) is 4.33. The summed E-state index contributed by atoms with van der Waals surface area (Å²) in [4.78, 5) is 12.0. The Labute approximate surface area is 123 Å². The molecule has 1 heterocycles. The van der Waals surface area contributed by atoms with E-state index in [1.54, 1.807) is 6.33 Å². The van der Waals surface area contributed by atoms with Crippen molar-refractivity contribution in [3.05, 3.63) is 40.1 Å². The number of benzene rings is 1. The highest BCUT2D eigenvalue weighted by atomic mass is 79.9. The van der Waals surface area contributed by atoms with Crippen LogP contribution in [0, 0.1) is 5.82 Å². The Hall–Kier alpha value is -1.96. The maximum atomic E-state index is 13.2. The van der Waals surface area contributed by atoms with Crippen LogP contribution in [-0.4, -0.2) is 20.7 Å². The number of aromatic nitrogens is 3. The SMILES string of the molecule is CCn1cnnc1CNC(=O)c1cc(N)c(F)cc1Br. The first-order chi connectivity index (χ1) is 9.52. The molecule has 3 N–H and O–H groups in total. The van der Waals surface area contributed by atoms with Gasteiger partial charge in [0.25, 0.3) is 5.91 Å². The molecule has 0 saturated carbocycles. The maximum Gasteiger partial charge on any atom is 0.252 e. The molecule has 2 aromatic rings. The lowest BCUT2D eigenvalue weighted by Gasteiger charge is -2.08. The van der Waals surface area contributed by atoms with Crippen molar-refractivity contribution in [1.82, 2.24) is 20.1 Å². The first kappa shape index (κ1) is 14.4. The van der Waals surface area contributed by atoms with E-state index in [4.69, 9.17) is 5.73 Å². The minimum Gasteiger partial charge on any atom is -0.396 e. The van der Waals surface area contributed by atoms with Crippen molar-refractivity contribution in [3.63, 3.8) is 0 Å². The van der Waals surface area contributed by atoms with E-state index in [-0.39, 0.29) is 23.7 Å². The van der Waals surface area contributed by atoms with E-state index in [2.05, 4.69) is 31.4 Å². The lowest BCUT2D eigenvalue weighted by atomic mass is 10.2. The Balaban J connectivity index is 2.11. The molecule has 1 aromatic carbocycles. The van der Waals surface area contributed by atoms with E-state index >= 15 is 0 Å². The zero-order chi connectivity index (χ0) is 14.7. The molecule has 0 bridgehead atoms. The van der Waals surface area contributed by atoms with E-state index in [0.29, 0.717) is 16.8 Å². The molecular formula is C12H13BrFN5O. The molecule has 1 aromatic heterocycles. The lowest BCUT2D eigenvalue weighted by Crippen LogP contribution is -2.25. The van der Waals surface area contributed by atoms with Gasteiger partial charge in [-0.05, 0) is 35.0 Å². The molecule has 0 aliphatic rings. The van der Waals surface area contributed by atoms with Gasteiger partial charge in [0.2, 0.25) is 0 Å². The van der Waals surface area contributed by atoms with Crippen LogP contribution in [-0.2, 0) is 13.1 Å². The van der Waals surface area contributed by atoms with Crippen molar-refractivity contribution in [2.24, 2.45) is 0 Å². The summed E-state index contributed by atoms with van der Waals surface area (Å²) in [5.74, 6) is -0.291. The molecule has 0 unspecified atom stereocenters. The molecule has 6 nitrogen and oxygen atoms in total. The molecule has 2 rings (SSSR count). The fourth-order valence-corrected chi connectivity index (χ4v) is 2.17. The fraction of sp³-hybridized carbons (Fsp3) is 0.250. The summed E-state index contributed by atoms with van der Waals surface area (Å²) in [5.41, 5.74) is 5.66. The normalized spacial score (nSPS) is 10.6. The van der Waals surface area contributed by atoms with Crippen LogP contribution in [0.25, 0.3) is 0 Å². The Morgan fingerprint density at radius 3 is 3.00 bits per heavy atom. The summed E-state index contributed by atoms with van der Waals surface area (Å²) < 4.78 is 15.4. The minimum absolute atomic E-state index is 0.0740. The summed E-state index contributed by atoms with van der Waals surface area (Å²) in [6.07, 6.45) is 1.59. The molecule has 0 aliphatic carbocycles. The van der Waals surface area contributed by atoms with Gasteiger partial charge in [0.15, 0.2) is 5.82 Å². The Morgan fingerprint density at radius 2 is 2.30 bits per heavy atom. The number of nitrogens with zero attached hydrogens (tertiary/aromatic N) is 3. The van der Waals surface area contributed by atoms with Gasteiger partial charge in [-0.25, -0.2) is 4.39 Å². The number of nitrogen functional groups attached to an aromatic ring is 1. The van der Waals surface area contributed by atoms with Crippen molar-refractivity contribution in [1.29, 1.82) is 0 Å². The second kappa shape index (κ2) is 6.00. The molecule has 0 fully saturated rings. The number of amides is 1. The number of aryl methyl sites for hydroxylation is 1. The minimum atomic E-state index is -0.570. The van der Waals surface area contributed by atoms with Crippen LogP contribution in [0.2, 0.25) is 0 Å². The summed E-state index contributed by atoms with van der Waals surface area (Å²) in [6, 6.07) is 2.46. The zero-order valence-corrected chi connectivity index (χ0v) is 12.3. The van der Waals surface area contributed by atoms with Gasteiger partial charge in [-0.1, -0.05) is 0 Å². The quantitative estimate of drug-likeness (QED) is 0.829. The zero-order valence-electron chi connectivity index (χ0n) is 10.7. The van der Waals surface area contributed by atoms with Crippen molar-refractivity contribution < 1.29 is 9.18 Å². The van der Waals surface area contributed by atoms with Crippen LogP contribution >= 0.6 is 15.9 Å². The highest BCUT2D eigenvalue weighted by Crippen LogP contribution is 2.22. The van der Waals surface area contributed by atoms with Crippen molar-refractivity contribution in [2.45, 2.75) is 20.0 Å². The largest absolute Gasteiger partial charge is 0.396 e. The van der Waals surface area contributed by atoms with Crippen LogP contribution in [0.3, 0.4) is 0 Å². The second-order valence-electron chi connectivity index (χ2n) is 4.07. The number of nitrogens with one attached hydrogen (secondary N) is 1. The third-order valence-electron chi connectivity index (χ3n) is 2.77. The van der Waals surface area contributed by atoms with Gasteiger partial charge in [0, 0.05) is 11.0 Å². The van der Waals surface area contributed by atoms with Gasteiger partial charge in [-0.2, -0.15) is 0 Å². The highest BCUT2D eigenvalue weighted by molar-refractivity contribution is 9.10. The van der Waals surface area contributed by atoms with Crippen molar-refractivity contribution in [2.75, 3.05) is 5.73 Å².